The molecule has 1 saturated heterocycles. The molecule has 0 unspecified atom stereocenters. The molecule has 1 aliphatic rings. The molecular formula is C17H28N2OS. The fourth-order valence-corrected chi connectivity index (χ4v) is 3.69. The first-order valence-electron chi connectivity index (χ1n) is 7.79. The van der Waals surface area contributed by atoms with Crippen LogP contribution in [0.2, 0.25) is 0 Å². The molecule has 0 saturated carbocycles. The van der Waals surface area contributed by atoms with Gasteiger partial charge in [0.05, 0.1) is 7.11 Å². The lowest BCUT2D eigenvalue weighted by atomic mass is 10.0. The molecule has 118 valence electrons. The quantitative estimate of drug-likeness (QED) is 0.769. The van der Waals surface area contributed by atoms with E-state index >= 15 is 0 Å². The Bertz CT molecular complexity index is 431. The van der Waals surface area contributed by atoms with Gasteiger partial charge in [0.1, 0.15) is 5.75 Å². The second kappa shape index (κ2) is 8.66. The van der Waals surface area contributed by atoms with Crippen LogP contribution in [0.4, 0.5) is 0 Å². The summed E-state index contributed by atoms with van der Waals surface area (Å²) >= 11 is 2.06. The van der Waals surface area contributed by atoms with Gasteiger partial charge in [-0.05, 0) is 45.1 Å². The molecule has 1 aromatic rings. The highest BCUT2D eigenvalue weighted by Crippen LogP contribution is 2.23. The maximum atomic E-state index is 5.54. The van der Waals surface area contributed by atoms with Crippen LogP contribution >= 0.6 is 11.8 Å². The van der Waals surface area contributed by atoms with Gasteiger partial charge >= 0.3 is 0 Å². The normalized spacial score (nSPS) is 16.4. The number of rotatable bonds is 7. The lowest BCUT2D eigenvalue weighted by molar-refractivity contribution is 0.288. The van der Waals surface area contributed by atoms with Crippen LogP contribution < -0.4 is 4.74 Å². The molecule has 0 bridgehead atoms. The zero-order valence-corrected chi connectivity index (χ0v) is 14.4. The van der Waals surface area contributed by atoms with Crippen molar-refractivity contribution in [1.82, 2.24) is 9.80 Å². The molecule has 0 spiro atoms. The highest BCUT2D eigenvalue weighted by atomic mass is 32.2. The van der Waals surface area contributed by atoms with Gasteiger partial charge in [-0.1, -0.05) is 12.1 Å². The lowest BCUT2D eigenvalue weighted by Crippen LogP contribution is -2.32. The molecule has 0 atom stereocenters. The van der Waals surface area contributed by atoms with Gasteiger partial charge in [0.15, 0.2) is 0 Å². The van der Waals surface area contributed by atoms with Crippen LogP contribution in [0.15, 0.2) is 18.2 Å². The van der Waals surface area contributed by atoms with Gasteiger partial charge in [0, 0.05) is 36.7 Å². The van der Waals surface area contributed by atoms with Gasteiger partial charge in [0.2, 0.25) is 0 Å². The number of aryl methyl sites for hydroxylation is 1. The van der Waals surface area contributed by atoms with E-state index in [0.717, 1.165) is 25.3 Å². The number of benzene rings is 1. The summed E-state index contributed by atoms with van der Waals surface area (Å²) in [5.74, 6) is 3.54. The van der Waals surface area contributed by atoms with E-state index in [1.807, 2.05) is 0 Å². The monoisotopic (exact) mass is 308 g/mol. The van der Waals surface area contributed by atoms with Gasteiger partial charge in [-0.3, -0.25) is 4.90 Å². The second-order valence-electron chi connectivity index (χ2n) is 5.94. The van der Waals surface area contributed by atoms with Crippen molar-refractivity contribution < 1.29 is 4.74 Å². The Morgan fingerprint density at radius 2 is 2.00 bits per heavy atom. The van der Waals surface area contributed by atoms with Gasteiger partial charge in [0.25, 0.3) is 0 Å². The van der Waals surface area contributed by atoms with Crippen LogP contribution in [0.1, 0.15) is 17.5 Å². The van der Waals surface area contributed by atoms with E-state index in [4.69, 9.17) is 4.74 Å². The van der Waals surface area contributed by atoms with Gasteiger partial charge in [-0.25, -0.2) is 0 Å². The minimum Gasteiger partial charge on any atom is -0.496 e. The first kappa shape index (κ1) is 16.7. The molecular weight excluding hydrogens is 280 g/mol. The number of hydrogen-bond acceptors (Lipinski definition) is 4. The smallest absolute Gasteiger partial charge is 0.123 e. The summed E-state index contributed by atoms with van der Waals surface area (Å²) in [7, 11) is 6.04. The van der Waals surface area contributed by atoms with Crippen molar-refractivity contribution in [2.24, 2.45) is 0 Å². The van der Waals surface area contributed by atoms with Crippen LogP contribution in [0.3, 0.4) is 0 Å². The Hall–Kier alpha value is -0.710. The van der Waals surface area contributed by atoms with Crippen LogP contribution in [-0.4, -0.2) is 62.1 Å². The Kier molecular flexibility index (Phi) is 6.87. The van der Waals surface area contributed by atoms with E-state index in [1.165, 1.54) is 42.1 Å². The van der Waals surface area contributed by atoms with Gasteiger partial charge in [-0.2, -0.15) is 11.8 Å². The lowest BCUT2D eigenvalue weighted by Gasteiger charge is -2.27. The van der Waals surface area contributed by atoms with Crippen LogP contribution in [0, 0.1) is 0 Å². The molecule has 0 amide bonds. The topological polar surface area (TPSA) is 15.7 Å². The molecule has 21 heavy (non-hydrogen) atoms. The molecule has 1 heterocycles. The summed E-state index contributed by atoms with van der Waals surface area (Å²) in [5.41, 5.74) is 2.77. The van der Waals surface area contributed by atoms with Crippen molar-refractivity contribution in [2.75, 3.05) is 52.3 Å². The average Bonchev–Trinajstić information content (AvgIpc) is 2.48. The standard InChI is InChI=1S/C17H28N2OS/c1-18(2)8-4-5-15-6-7-17(20-3)16(13-15)14-19-9-11-21-12-10-19/h6-7,13H,4-5,8-12,14H2,1-3H3. The first-order chi connectivity index (χ1) is 10.2. The minimum atomic E-state index is 1.02. The molecule has 0 aromatic heterocycles. The predicted octanol–water partition coefficient (Wildman–Crippen LogP) is 2.74. The number of methoxy groups -OCH3 is 1. The number of thioether (sulfide) groups is 1. The SMILES string of the molecule is COc1ccc(CCCN(C)C)cc1CN1CCSCC1. The van der Waals surface area contributed by atoms with Crippen molar-refractivity contribution in [3.05, 3.63) is 29.3 Å². The van der Waals surface area contributed by atoms with Crippen molar-refractivity contribution in [2.45, 2.75) is 19.4 Å². The van der Waals surface area contributed by atoms with Crippen molar-refractivity contribution in [1.29, 1.82) is 0 Å². The Labute approximate surface area is 133 Å². The summed E-state index contributed by atoms with van der Waals surface area (Å²) in [4.78, 5) is 4.79. The second-order valence-corrected chi connectivity index (χ2v) is 7.17. The largest absolute Gasteiger partial charge is 0.496 e. The molecule has 1 aromatic carbocycles. The van der Waals surface area contributed by atoms with Crippen molar-refractivity contribution in [3.8, 4) is 5.75 Å². The van der Waals surface area contributed by atoms with E-state index in [9.17, 15) is 0 Å². The first-order valence-corrected chi connectivity index (χ1v) is 8.95. The van der Waals surface area contributed by atoms with E-state index in [2.05, 4.69) is 53.9 Å². The average molecular weight is 308 g/mol. The molecule has 1 aliphatic heterocycles. The van der Waals surface area contributed by atoms with E-state index < -0.39 is 0 Å². The zero-order chi connectivity index (χ0) is 15.1. The fraction of sp³-hybridized carbons (Fsp3) is 0.647. The minimum absolute atomic E-state index is 1.02. The van der Waals surface area contributed by atoms with Crippen LogP contribution in [0.25, 0.3) is 0 Å². The molecule has 3 nitrogen and oxygen atoms in total. The van der Waals surface area contributed by atoms with Gasteiger partial charge in [-0.15, -0.1) is 0 Å². The molecule has 0 N–H and O–H groups in total. The number of nitrogens with zero attached hydrogens (tertiary/aromatic N) is 2. The highest BCUT2D eigenvalue weighted by Gasteiger charge is 2.13. The summed E-state index contributed by atoms with van der Waals surface area (Å²) in [6, 6.07) is 6.69. The van der Waals surface area contributed by atoms with Gasteiger partial charge < -0.3 is 9.64 Å². The highest BCUT2D eigenvalue weighted by molar-refractivity contribution is 7.99. The Morgan fingerprint density at radius 3 is 2.67 bits per heavy atom. The predicted molar refractivity (Wildman–Crippen MR) is 92.5 cm³/mol. The third-order valence-corrected chi connectivity index (χ3v) is 4.86. The molecule has 0 aliphatic carbocycles. The van der Waals surface area contributed by atoms with Crippen LogP contribution in [-0.2, 0) is 13.0 Å². The Balaban J connectivity index is 1.99. The third-order valence-electron chi connectivity index (χ3n) is 3.91. The zero-order valence-electron chi connectivity index (χ0n) is 13.6. The molecule has 4 heteroatoms. The van der Waals surface area contributed by atoms with E-state index in [-0.39, 0.29) is 0 Å². The number of hydrogen-bond donors (Lipinski definition) is 0. The molecule has 0 radical (unpaired) electrons. The van der Waals surface area contributed by atoms with Crippen molar-refractivity contribution >= 4 is 11.8 Å². The summed E-state index contributed by atoms with van der Waals surface area (Å²) < 4.78 is 5.54. The summed E-state index contributed by atoms with van der Waals surface area (Å²) in [6.45, 7) is 4.55. The molecule has 1 fully saturated rings. The van der Waals surface area contributed by atoms with Crippen LogP contribution in [0.5, 0.6) is 5.75 Å². The summed E-state index contributed by atoms with van der Waals surface area (Å²) in [6.07, 6.45) is 2.35. The maximum absolute atomic E-state index is 5.54. The molecule has 2 rings (SSSR count). The Morgan fingerprint density at radius 1 is 1.24 bits per heavy atom. The maximum Gasteiger partial charge on any atom is 0.123 e. The van der Waals surface area contributed by atoms with Crippen molar-refractivity contribution in [3.63, 3.8) is 0 Å². The number of ether oxygens (including phenoxy) is 1. The third kappa shape index (κ3) is 5.53. The summed E-state index contributed by atoms with van der Waals surface area (Å²) in [5, 5.41) is 0. The van der Waals surface area contributed by atoms with E-state index in [1.54, 1.807) is 7.11 Å². The fourth-order valence-electron chi connectivity index (χ4n) is 2.71. The van der Waals surface area contributed by atoms with E-state index in [0.29, 0.717) is 0 Å².